The van der Waals surface area contributed by atoms with Crippen LogP contribution in [0.25, 0.3) is 120 Å². The quantitative estimate of drug-likeness (QED) is 0.149. The molecule has 0 unspecified atom stereocenters. The maximum absolute atomic E-state index is 17.3. The van der Waals surface area contributed by atoms with E-state index in [1.807, 2.05) is 97.1 Å². The molecule has 10 aromatic carbocycles. The molecular weight excluding hydrogens is 948 g/mol. The summed E-state index contributed by atoms with van der Waals surface area (Å²) in [7, 11) is 0. The fraction of sp³-hybridized carbons (Fsp3) is 0.0152. The summed E-state index contributed by atoms with van der Waals surface area (Å²) in [6.07, 6.45) is -5.02. The van der Waals surface area contributed by atoms with Crippen LogP contribution in [0.4, 0.5) is 24.5 Å². The van der Waals surface area contributed by atoms with E-state index in [9.17, 15) is 15.8 Å². The molecule has 0 fully saturated rings. The molecule has 0 bridgehead atoms. The Labute approximate surface area is 433 Å². The first-order valence-corrected chi connectivity index (χ1v) is 23.9. The molecule has 0 saturated heterocycles. The number of hydrogen-bond acceptors (Lipinski definition) is 3. The summed E-state index contributed by atoms with van der Waals surface area (Å²) in [6.45, 7) is 15.5. The van der Waals surface area contributed by atoms with Crippen molar-refractivity contribution in [3.05, 3.63) is 251 Å². The summed E-state index contributed by atoms with van der Waals surface area (Å²) < 4.78 is 55.1. The largest absolute Gasteiger partial charge is 0.420 e. The van der Waals surface area contributed by atoms with Crippen LogP contribution in [0.1, 0.15) is 22.3 Å². The molecule has 12 aromatic rings. The first kappa shape index (κ1) is 46.1. The van der Waals surface area contributed by atoms with Gasteiger partial charge in [-0.3, -0.25) is 0 Å². The number of rotatable bonds is 7. The lowest BCUT2D eigenvalue weighted by molar-refractivity contribution is -0.137. The highest BCUT2D eigenvalue weighted by Gasteiger charge is 2.40. The first-order chi connectivity index (χ1) is 37.0. The zero-order chi connectivity index (χ0) is 52.2. The highest BCUT2D eigenvalue weighted by molar-refractivity contribution is 6.13. The van der Waals surface area contributed by atoms with Crippen LogP contribution in [-0.2, 0) is 6.18 Å². The average Bonchev–Trinajstić information content (AvgIpc) is 3.98. The Morgan fingerprint density at radius 2 is 0.632 bits per heavy atom. The molecule has 7 nitrogen and oxygen atoms in total. The molecule has 10 heteroatoms. The van der Waals surface area contributed by atoms with Crippen molar-refractivity contribution in [2.75, 3.05) is 0 Å². The summed E-state index contributed by atoms with van der Waals surface area (Å²) in [6, 6.07) is 67.5. The van der Waals surface area contributed by atoms with E-state index in [4.69, 9.17) is 13.1 Å². The third-order valence-corrected chi connectivity index (χ3v) is 14.0. The number of aromatic nitrogens is 2. The zero-order valence-corrected chi connectivity index (χ0v) is 39.9. The second kappa shape index (κ2) is 18.3. The second-order valence-corrected chi connectivity index (χ2v) is 18.4. The first-order valence-electron chi connectivity index (χ1n) is 23.9. The summed E-state index contributed by atoms with van der Waals surface area (Å²) in [5.41, 5.74) is 8.97. The van der Waals surface area contributed by atoms with Gasteiger partial charge in [-0.25, -0.2) is 9.69 Å². The van der Waals surface area contributed by atoms with Gasteiger partial charge in [-0.15, -0.1) is 0 Å². The number of fused-ring (bicyclic) bond motifs is 6. The van der Waals surface area contributed by atoms with Crippen LogP contribution in [0.5, 0.6) is 0 Å². The summed E-state index contributed by atoms with van der Waals surface area (Å²) in [4.78, 5) is 7.30. The minimum Gasteiger partial charge on any atom is -0.308 e. The Morgan fingerprint density at radius 3 is 0.934 bits per heavy atom. The number of hydrogen-bond donors (Lipinski definition) is 0. The number of alkyl halides is 3. The standard InChI is InChI=1S/C66H34F3N7/c1-73-53-16-6-14-46(29-53)50-20-24-57-58-25-21-51(47-15-7-17-54(30-47)74-2)34-62(58)76(61(57)33-50)64-36-52(45-13-5-10-42(28-45)39-72)35-63(65(64)66(67,68)69)75-59-31-48(43-11-3-8-40(26-43)37-70)18-22-55(59)56-23-19-49(32-60(56)75)44-12-4-9-41(27-44)38-71/h3-36H. The molecule has 2 heterocycles. The highest BCUT2D eigenvalue weighted by atomic mass is 19.4. The predicted octanol–water partition coefficient (Wildman–Crippen LogP) is 18.0. The van der Waals surface area contributed by atoms with Gasteiger partial charge >= 0.3 is 6.18 Å². The number of nitriles is 3. The van der Waals surface area contributed by atoms with Crippen LogP contribution in [0.3, 0.4) is 0 Å². The van der Waals surface area contributed by atoms with Crippen molar-refractivity contribution in [2.45, 2.75) is 6.18 Å². The van der Waals surface area contributed by atoms with Crippen LogP contribution >= 0.6 is 0 Å². The third kappa shape index (κ3) is 7.92. The molecule has 0 aliphatic heterocycles. The van der Waals surface area contributed by atoms with Crippen molar-refractivity contribution in [1.82, 2.24) is 9.13 Å². The van der Waals surface area contributed by atoms with Crippen molar-refractivity contribution < 1.29 is 13.2 Å². The van der Waals surface area contributed by atoms with Gasteiger partial charge in [0.25, 0.3) is 0 Å². The minimum atomic E-state index is -5.02. The summed E-state index contributed by atoms with van der Waals surface area (Å²) in [5.74, 6) is 0. The molecule has 76 heavy (non-hydrogen) atoms. The average molecular weight is 982 g/mol. The van der Waals surface area contributed by atoms with Crippen LogP contribution in [0, 0.1) is 47.1 Å². The van der Waals surface area contributed by atoms with E-state index < -0.39 is 11.7 Å². The molecule has 0 N–H and O–H groups in total. The molecule has 0 spiro atoms. The third-order valence-electron chi connectivity index (χ3n) is 14.0. The SMILES string of the molecule is [C-]#[N+]c1cccc(-c2ccc3c4ccc(-c5cccc([N+]#[C-])c5)cc4n(-c4cc(-c5cccc(C#N)c5)cc(-n5c6cc(-c7cccc(C#N)c7)ccc6c6ccc(-c7cccc(C#N)c7)cc65)c4C(F)(F)F)c3c2)c1. The lowest BCUT2D eigenvalue weighted by atomic mass is 9.97. The molecule has 0 aliphatic rings. The number of nitrogens with zero attached hydrogens (tertiary/aromatic N) is 7. The Bertz CT molecular complexity index is 4170. The molecule has 0 amide bonds. The molecule has 0 aliphatic carbocycles. The van der Waals surface area contributed by atoms with Gasteiger partial charge in [-0.05, 0) is 141 Å². The van der Waals surface area contributed by atoms with Gasteiger partial charge in [0.05, 0.1) is 81.5 Å². The lowest BCUT2D eigenvalue weighted by Gasteiger charge is -2.23. The second-order valence-electron chi connectivity index (χ2n) is 18.4. The van der Waals surface area contributed by atoms with Gasteiger partial charge < -0.3 is 9.13 Å². The van der Waals surface area contributed by atoms with E-state index in [0.29, 0.717) is 127 Å². The number of halogens is 3. The van der Waals surface area contributed by atoms with E-state index in [0.717, 1.165) is 0 Å². The van der Waals surface area contributed by atoms with E-state index in [1.54, 1.807) is 118 Å². The fourth-order valence-corrected chi connectivity index (χ4v) is 10.5. The maximum Gasteiger partial charge on any atom is 0.420 e. The van der Waals surface area contributed by atoms with Crippen LogP contribution < -0.4 is 0 Å². The normalized spacial score (nSPS) is 11.3. The van der Waals surface area contributed by atoms with Crippen LogP contribution in [0.15, 0.2) is 206 Å². The molecule has 0 radical (unpaired) electrons. The Kier molecular flexibility index (Phi) is 11.1. The van der Waals surface area contributed by atoms with Gasteiger partial charge in [0.2, 0.25) is 0 Å². The van der Waals surface area contributed by atoms with E-state index in [1.165, 1.54) is 0 Å². The smallest absolute Gasteiger partial charge is 0.308 e. The van der Waals surface area contributed by atoms with Crippen LogP contribution in [-0.4, -0.2) is 9.13 Å². The maximum atomic E-state index is 17.3. The van der Waals surface area contributed by atoms with Crippen molar-refractivity contribution >= 4 is 55.0 Å². The minimum absolute atomic E-state index is 0.188. The van der Waals surface area contributed by atoms with Gasteiger partial charge in [-0.2, -0.15) is 29.0 Å². The monoisotopic (exact) mass is 981 g/mol. The van der Waals surface area contributed by atoms with Crippen molar-refractivity contribution in [3.8, 4) is 85.2 Å². The predicted molar refractivity (Wildman–Crippen MR) is 294 cm³/mol. The van der Waals surface area contributed by atoms with Crippen molar-refractivity contribution in [1.29, 1.82) is 15.8 Å². The lowest BCUT2D eigenvalue weighted by Crippen LogP contribution is -2.16. The van der Waals surface area contributed by atoms with Crippen LogP contribution in [0.2, 0.25) is 0 Å². The Hall–Kier alpha value is -11.0. The molecule has 2 aromatic heterocycles. The van der Waals surface area contributed by atoms with Crippen molar-refractivity contribution in [3.63, 3.8) is 0 Å². The van der Waals surface area contributed by atoms with E-state index in [2.05, 4.69) is 27.9 Å². The topological polar surface area (TPSA) is 89.9 Å². The molecule has 354 valence electrons. The Balaban J connectivity index is 1.26. The highest BCUT2D eigenvalue weighted by Crippen LogP contribution is 2.48. The van der Waals surface area contributed by atoms with Crippen molar-refractivity contribution in [2.24, 2.45) is 0 Å². The van der Waals surface area contributed by atoms with Gasteiger partial charge in [0, 0.05) is 21.5 Å². The molecule has 0 saturated carbocycles. The zero-order valence-electron chi connectivity index (χ0n) is 39.9. The van der Waals surface area contributed by atoms with Gasteiger partial charge in [0.1, 0.15) is 5.56 Å². The van der Waals surface area contributed by atoms with Gasteiger partial charge in [-0.1, -0.05) is 121 Å². The van der Waals surface area contributed by atoms with E-state index in [-0.39, 0.29) is 11.4 Å². The molecular formula is C66H34F3N7. The molecule has 12 rings (SSSR count). The fourth-order valence-electron chi connectivity index (χ4n) is 10.5. The van der Waals surface area contributed by atoms with Gasteiger partial charge in [0.15, 0.2) is 11.4 Å². The van der Waals surface area contributed by atoms with E-state index >= 15 is 13.2 Å². The summed E-state index contributed by atoms with van der Waals surface area (Å²) in [5, 5.41) is 32.7. The molecule has 0 atom stereocenters. The summed E-state index contributed by atoms with van der Waals surface area (Å²) >= 11 is 0. The number of benzene rings is 10. The Morgan fingerprint density at radius 1 is 0.342 bits per heavy atom.